The van der Waals surface area contributed by atoms with Gasteiger partial charge in [0.15, 0.2) is 0 Å². The van der Waals surface area contributed by atoms with Gasteiger partial charge in [0.25, 0.3) is 0 Å². The summed E-state index contributed by atoms with van der Waals surface area (Å²) < 4.78 is 5.17. The summed E-state index contributed by atoms with van der Waals surface area (Å²) in [6, 6.07) is 0. The van der Waals surface area contributed by atoms with Gasteiger partial charge in [-0.1, -0.05) is 48.0 Å². The molecule has 2 atom stereocenters. The highest BCUT2D eigenvalue weighted by molar-refractivity contribution is 4.86. The smallest absolute Gasteiger partial charge is 0.0495 e. The molecule has 1 saturated heterocycles. The van der Waals surface area contributed by atoms with E-state index in [0.29, 0.717) is 0 Å². The molecule has 0 radical (unpaired) electrons. The van der Waals surface area contributed by atoms with Crippen LogP contribution in [0.5, 0.6) is 0 Å². The lowest BCUT2D eigenvalue weighted by atomic mass is 10.0. The zero-order chi connectivity index (χ0) is 13.8. The Kier molecular flexibility index (Phi) is 5.70. The van der Waals surface area contributed by atoms with Crippen molar-refractivity contribution in [1.29, 1.82) is 0 Å². The SMILES string of the molecule is CC1(C)CC1.CCC1(C)CC1.C[C@@H]1COC[C@@H]1C. The standard InChI is InChI=1S/C6H12O.C6H12.C5H10/c1-5-3-7-4-6(5)2;1-3-6(2)4-5-6;1-5(2)3-4-5/h5-6H,3-4H2,1-2H3;3-5H2,1-2H3;3-4H2,1-2H3/t5-,6+;;. The van der Waals surface area contributed by atoms with Crippen molar-refractivity contribution in [2.24, 2.45) is 22.7 Å². The number of hydrogen-bond donors (Lipinski definition) is 0. The Labute approximate surface area is 115 Å². The Morgan fingerprint density at radius 2 is 1.28 bits per heavy atom. The second-order valence-corrected chi connectivity index (χ2v) is 7.82. The molecule has 0 N–H and O–H groups in total. The molecule has 0 aromatic rings. The zero-order valence-electron chi connectivity index (χ0n) is 13.5. The molecule has 1 nitrogen and oxygen atoms in total. The van der Waals surface area contributed by atoms with Crippen LogP contribution in [0.4, 0.5) is 0 Å². The first-order valence-corrected chi connectivity index (χ1v) is 7.86. The van der Waals surface area contributed by atoms with Gasteiger partial charge in [-0.3, -0.25) is 0 Å². The second kappa shape index (κ2) is 6.41. The monoisotopic (exact) mass is 254 g/mol. The van der Waals surface area contributed by atoms with E-state index in [9.17, 15) is 0 Å². The van der Waals surface area contributed by atoms with Crippen molar-refractivity contribution in [2.45, 2.75) is 73.6 Å². The third-order valence-corrected chi connectivity index (χ3v) is 4.94. The van der Waals surface area contributed by atoms with Crippen molar-refractivity contribution in [3.8, 4) is 0 Å². The van der Waals surface area contributed by atoms with Crippen molar-refractivity contribution in [3.63, 3.8) is 0 Å². The van der Waals surface area contributed by atoms with E-state index in [1.807, 2.05) is 0 Å². The van der Waals surface area contributed by atoms with E-state index in [2.05, 4.69) is 41.5 Å². The van der Waals surface area contributed by atoms with Crippen molar-refractivity contribution >= 4 is 0 Å². The van der Waals surface area contributed by atoms with E-state index in [1.54, 1.807) is 0 Å². The fourth-order valence-corrected chi connectivity index (χ4v) is 1.59. The highest BCUT2D eigenvalue weighted by atomic mass is 16.5. The molecule has 18 heavy (non-hydrogen) atoms. The van der Waals surface area contributed by atoms with Crippen molar-refractivity contribution in [1.82, 2.24) is 0 Å². The zero-order valence-corrected chi connectivity index (χ0v) is 13.5. The molecule has 2 aliphatic carbocycles. The van der Waals surface area contributed by atoms with Crippen molar-refractivity contribution in [2.75, 3.05) is 13.2 Å². The van der Waals surface area contributed by atoms with Gasteiger partial charge in [-0.05, 0) is 48.3 Å². The van der Waals surface area contributed by atoms with Crippen LogP contribution in [0.3, 0.4) is 0 Å². The Morgan fingerprint density at radius 1 is 0.889 bits per heavy atom. The maximum absolute atomic E-state index is 5.17. The topological polar surface area (TPSA) is 9.23 Å². The minimum atomic E-state index is 0.750. The first-order chi connectivity index (χ1) is 8.28. The summed E-state index contributed by atoms with van der Waals surface area (Å²) in [5.41, 5.74) is 1.54. The molecule has 2 saturated carbocycles. The van der Waals surface area contributed by atoms with Gasteiger partial charge in [0.05, 0.1) is 0 Å². The first kappa shape index (κ1) is 16.0. The van der Waals surface area contributed by atoms with Gasteiger partial charge in [0.1, 0.15) is 0 Å². The van der Waals surface area contributed by atoms with Gasteiger partial charge >= 0.3 is 0 Å². The van der Waals surface area contributed by atoms with Crippen molar-refractivity contribution in [3.05, 3.63) is 0 Å². The molecule has 3 fully saturated rings. The van der Waals surface area contributed by atoms with Crippen LogP contribution in [-0.2, 0) is 4.74 Å². The highest BCUT2D eigenvalue weighted by Crippen LogP contribution is 2.47. The Balaban J connectivity index is 0.000000137. The van der Waals surface area contributed by atoms with Crippen LogP contribution in [0.2, 0.25) is 0 Å². The molecule has 0 unspecified atom stereocenters. The summed E-state index contributed by atoms with van der Waals surface area (Å²) in [7, 11) is 0. The summed E-state index contributed by atoms with van der Waals surface area (Å²) in [5, 5.41) is 0. The van der Waals surface area contributed by atoms with Crippen LogP contribution in [-0.4, -0.2) is 13.2 Å². The normalized spacial score (nSPS) is 33.7. The van der Waals surface area contributed by atoms with Gasteiger partial charge < -0.3 is 4.74 Å². The van der Waals surface area contributed by atoms with Crippen LogP contribution in [0, 0.1) is 22.7 Å². The van der Waals surface area contributed by atoms with Crippen molar-refractivity contribution < 1.29 is 4.74 Å². The molecule has 0 aromatic carbocycles. The summed E-state index contributed by atoms with van der Waals surface area (Å²) >= 11 is 0. The van der Waals surface area contributed by atoms with E-state index in [0.717, 1.165) is 35.9 Å². The quantitative estimate of drug-likeness (QED) is 0.617. The minimum Gasteiger partial charge on any atom is -0.381 e. The molecule has 0 aromatic heterocycles. The maximum Gasteiger partial charge on any atom is 0.0495 e. The molecule has 1 heterocycles. The number of hydrogen-bond acceptors (Lipinski definition) is 1. The average molecular weight is 254 g/mol. The molecule has 0 spiro atoms. The lowest BCUT2D eigenvalue weighted by molar-refractivity contribution is 0.183. The van der Waals surface area contributed by atoms with Gasteiger partial charge in [0.2, 0.25) is 0 Å². The van der Waals surface area contributed by atoms with E-state index >= 15 is 0 Å². The lowest BCUT2D eigenvalue weighted by Crippen LogP contribution is -2.01. The summed E-state index contributed by atoms with van der Waals surface area (Å²) in [6.45, 7) is 15.6. The Bertz CT molecular complexity index is 226. The third kappa shape index (κ3) is 6.78. The summed E-state index contributed by atoms with van der Waals surface area (Å²) in [6.07, 6.45) is 7.24. The molecule has 3 aliphatic rings. The van der Waals surface area contributed by atoms with E-state index < -0.39 is 0 Å². The molecule has 3 rings (SSSR count). The largest absolute Gasteiger partial charge is 0.381 e. The predicted octanol–water partition coefficient (Wildman–Crippen LogP) is 5.29. The van der Waals surface area contributed by atoms with Crippen LogP contribution < -0.4 is 0 Å². The highest BCUT2D eigenvalue weighted by Gasteiger charge is 2.34. The van der Waals surface area contributed by atoms with Crippen LogP contribution in [0.1, 0.15) is 73.6 Å². The van der Waals surface area contributed by atoms with Gasteiger partial charge in [-0.15, -0.1) is 0 Å². The summed E-state index contributed by atoms with van der Waals surface area (Å²) in [4.78, 5) is 0. The molecule has 108 valence electrons. The van der Waals surface area contributed by atoms with Gasteiger partial charge in [0, 0.05) is 13.2 Å². The van der Waals surface area contributed by atoms with Crippen LogP contribution >= 0.6 is 0 Å². The summed E-state index contributed by atoms with van der Waals surface area (Å²) in [5.74, 6) is 1.58. The fraction of sp³-hybridized carbons (Fsp3) is 1.00. The van der Waals surface area contributed by atoms with E-state index in [-0.39, 0.29) is 0 Å². The Morgan fingerprint density at radius 3 is 1.33 bits per heavy atom. The maximum atomic E-state index is 5.17. The average Bonchev–Trinajstić information content (AvgIpc) is 3.19. The van der Waals surface area contributed by atoms with Crippen LogP contribution in [0.25, 0.3) is 0 Å². The fourth-order valence-electron chi connectivity index (χ4n) is 1.59. The number of rotatable bonds is 1. The van der Waals surface area contributed by atoms with Gasteiger partial charge in [-0.25, -0.2) is 0 Å². The molecular formula is C17H34O. The number of ether oxygens (including phenoxy) is 1. The van der Waals surface area contributed by atoms with Crippen LogP contribution in [0.15, 0.2) is 0 Å². The Hall–Kier alpha value is -0.0400. The van der Waals surface area contributed by atoms with E-state index in [1.165, 1.54) is 32.1 Å². The first-order valence-electron chi connectivity index (χ1n) is 7.86. The molecule has 0 amide bonds. The minimum absolute atomic E-state index is 0.750. The second-order valence-electron chi connectivity index (χ2n) is 7.82. The van der Waals surface area contributed by atoms with Gasteiger partial charge in [-0.2, -0.15) is 0 Å². The third-order valence-electron chi connectivity index (χ3n) is 4.94. The molecule has 1 aliphatic heterocycles. The lowest BCUT2D eigenvalue weighted by Gasteiger charge is -2.01. The molecular weight excluding hydrogens is 220 g/mol. The molecule has 0 bridgehead atoms. The van der Waals surface area contributed by atoms with E-state index in [4.69, 9.17) is 4.74 Å². The predicted molar refractivity (Wildman–Crippen MR) is 79.8 cm³/mol. The molecule has 1 heteroatoms.